The number of benzene rings is 1. The van der Waals surface area contributed by atoms with Gasteiger partial charge in [-0.3, -0.25) is 10.2 Å². The van der Waals surface area contributed by atoms with Crippen molar-refractivity contribution < 1.29 is 9.90 Å². The van der Waals surface area contributed by atoms with Crippen LogP contribution in [0.4, 0.5) is 0 Å². The third kappa shape index (κ3) is 3.43. The molecule has 1 amide bonds. The number of aliphatic hydroxyl groups excluding tert-OH is 1. The highest BCUT2D eigenvalue weighted by molar-refractivity contribution is 6.03. The van der Waals surface area contributed by atoms with Crippen LogP contribution in [-0.2, 0) is 0 Å². The Bertz CT molecular complexity index is 1040. The highest BCUT2D eigenvalue weighted by atomic mass is 16.3. The fourth-order valence-corrected chi connectivity index (χ4v) is 4.29. The van der Waals surface area contributed by atoms with Crippen LogP contribution in [0.5, 0.6) is 0 Å². The standard InChI is InChI=1S/C22H24N6O2/c29-14-15-4-3-11-27(12-15)22(30)16-7-9-17(10-8-16)28-13-20(24-26-28)21-18-5-1-2-6-19(18)23-25-21/h1-2,6-10,13,15,18,23,29H,3-5,11-12,14H2. The van der Waals surface area contributed by atoms with E-state index in [1.165, 1.54) is 0 Å². The summed E-state index contributed by atoms with van der Waals surface area (Å²) in [4.78, 5) is 14.6. The molecule has 2 N–H and O–H groups in total. The van der Waals surface area contributed by atoms with Gasteiger partial charge >= 0.3 is 0 Å². The largest absolute Gasteiger partial charge is 0.396 e. The fourth-order valence-electron chi connectivity index (χ4n) is 4.29. The summed E-state index contributed by atoms with van der Waals surface area (Å²) in [6, 6.07) is 7.40. The van der Waals surface area contributed by atoms with Crippen molar-refractivity contribution >= 4 is 11.6 Å². The Morgan fingerprint density at radius 2 is 2.13 bits per heavy atom. The first-order valence-corrected chi connectivity index (χ1v) is 10.4. The van der Waals surface area contributed by atoms with Gasteiger partial charge in [-0.15, -0.1) is 5.10 Å². The van der Waals surface area contributed by atoms with Crippen molar-refractivity contribution in [2.45, 2.75) is 19.3 Å². The molecule has 0 bridgehead atoms. The number of hydrogen-bond acceptors (Lipinski definition) is 6. The Balaban J connectivity index is 1.30. The molecule has 1 aromatic heterocycles. The molecule has 3 heterocycles. The molecule has 1 aromatic carbocycles. The first-order valence-electron chi connectivity index (χ1n) is 10.4. The minimum Gasteiger partial charge on any atom is -0.396 e. The highest BCUT2D eigenvalue weighted by Crippen LogP contribution is 2.27. The number of nitrogens with one attached hydrogen (secondary N) is 1. The molecule has 8 heteroatoms. The van der Waals surface area contributed by atoms with Gasteiger partial charge in [0.1, 0.15) is 5.69 Å². The van der Waals surface area contributed by atoms with Gasteiger partial charge in [0.2, 0.25) is 0 Å². The van der Waals surface area contributed by atoms with E-state index in [1.54, 1.807) is 4.68 Å². The van der Waals surface area contributed by atoms with Gasteiger partial charge in [-0.05, 0) is 55.5 Å². The molecule has 30 heavy (non-hydrogen) atoms. The Morgan fingerprint density at radius 3 is 2.97 bits per heavy atom. The smallest absolute Gasteiger partial charge is 0.253 e. The summed E-state index contributed by atoms with van der Waals surface area (Å²) in [7, 11) is 0. The van der Waals surface area contributed by atoms with Crippen molar-refractivity contribution in [3.63, 3.8) is 0 Å². The molecule has 8 nitrogen and oxygen atoms in total. The summed E-state index contributed by atoms with van der Waals surface area (Å²) in [5.41, 5.74) is 7.29. The van der Waals surface area contributed by atoms with Gasteiger partial charge in [-0.2, -0.15) is 5.10 Å². The van der Waals surface area contributed by atoms with Gasteiger partial charge in [0.15, 0.2) is 0 Å². The van der Waals surface area contributed by atoms with Crippen LogP contribution in [0.3, 0.4) is 0 Å². The number of fused-ring (bicyclic) bond motifs is 1. The third-order valence-electron chi connectivity index (χ3n) is 5.99. The maximum absolute atomic E-state index is 12.8. The molecule has 2 aliphatic heterocycles. The highest BCUT2D eigenvalue weighted by Gasteiger charge is 2.29. The van der Waals surface area contributed by atoms with Crippen molar-refractivity contribution in [2.24, 2.45) is 16.9 Å². The monoisotopic (exact) mass is 404 g/mol. The molecule has 0 spiro atoms. The minimum atomic E-state index is 0.00929. The second kappa shape index (κ2) is 7.87. The van der Waals surface area contributed by atoms with E-state index in [9.17, 15) is 9.90 Å². The number of aliphatic hydroxyl groups is 1. The number of hydrogen-bond donors (Lipinski definition) is 2. The van der Waals surface area contributed by atoms with Crippen molar-refractivity contribution in [2.75, 3.05) is 19.7 Å². The Kier molecular flexibility index (Phi) is 4.92. The molecule has 5 rings (SSSR count). The zero-order valence-corrected chi connectivity index (χ0v) is 16.6. The average molecular weight is 404 g/mol. The predicted octanol–water partition coefficient (Wildman–Crippen LogP) is 1.88. The molecule has 0 saturated carbocycles. The zero-order valence-electron chi connectivity index (χ0n) is 16.6. The number of allylic oxidation sites excluding steroid dienone is 4. The molecule has 2 aromatic rings. The Hall–Kier alpha value is -3.26. The van der Waals surface area contributed by atoms with Crippen LogP contribution in [0.15, 0.2) is 59.5 Å². The lowest BCUT2D eigenvalue weighted by Gasteiger charge is -2.31. The van der Waals surface area contributed by atoms with E-state index in [2.05, 4.69) is 26.9 Å². The van der Waals surface area contributed by atoms with Crippen LogP contribution in [0.2, 0.25) is 0 Å². The van der Waals surface area contributed by atoms with Crippen molar-refractivity contribution in [1.82, 2.24) is 25.3 Å². The van der Waals surface area contributed by atoms with Gasteiger partial charge in [0.05, 0.1) is 23.5 Å². The van der Waals surface area contributed by atoms with E-state index >= 15 is 0 Å². The molecule has 154 valence electrons. The maximum atomic E-state index is 12.8. The van der Waals surface area contributed by atoms with Crippen LogP contribution < -0.4 is 5.43 Å². The molecular formula is C22H24N6O2. The van der Waals surface area contributed by atoms with E-state index in [4.69, 9.17) is 0 Å². The quantitative estimate of drug-likeness (QED) is 0.811. The van der Waals surface area contributed by atoms with Gasteiger partial charge in [-0.25, -0.2) is 4.68 Å². The van der Waals surface area contributed by atoms with Gasteiger partial charge in [-0.1, -0.05) is 17.4 Å². The van der Waals surface area contributed by atoms with Gasteiger partial charge in [0.25, 0.3) is 5.91 Å². The number of rotatable bonds is 4. The first-order chi connectivity index (χ1) is 14.7. The number of carbonyl (C=O) groups is 1. The molecule has 2 atom stereocenters. The number of nitrogens with zero attached hydrogens (tertiary/aromatic N) is 5. The minimum absolute atomic E-state index is 0.00929. The zero-order chi connectivity index (χ0) is 20.5. The summed E-state index contributed by atoms with van der Waals surface area (Å²) in [5.74, 6) is 0.390. The Labute approximate surface area is 174 Å². The normalized spacial score (nSPS) is 22.9. The first kappa shape index (κ1) is 18.7. The van der Waals surface area contributed by atoms with E-state index in [1.807, 2.05) is 47.5 Å². The number of aromatic nitrogens is 3. The van der Waals surface area contributed by atoms with Crippen LogP contribution in [-0.4, -0.2) is 56.3 Å². The van der Waals surface area contributed by atoms with Crippen LogP contribution in [0, 0.1) is 11.8 Å². The van der Waals surface area contributed by atoms with E-state index in [0.717, 1.165) is 48.6 Å². The summed E-state index contributed by atoms with van der Waals surface area (Å²) < 4.78 is 1.70. The second-order valence-electron chi connectivity index (χ2n) is 7.98. The number of piperidine rings is 1. The number of carbonyl (C=O) groups excluding carboxylic acids is 1. The Morgan fingerprint density at radius 1 is 1.27 bits per heavy atom. The number of hydrazone groups is 1. The van der Waals surface area contributed by atoms with Gasteiger partial charge < -0.3 is 10.0 Å². The third-order valence-corrected chi connectivity index (χ3v) is 5.99. The number of likely N-dealkylation sites (tertiary alicyclic amines) is 1. The van der Waals surface area contributed by atoms with E-state index in [-0.39, 0.29) is 24.3 Å². The van der Waals surface area contributed by atoms with Crippen molar-refractivity contribution in [3.8, 4) is 5.69 Å². The predicted molar refractivity (Wildman–Crippen MR) is 112 cm³/mol. The fraction of sp³-hybridized carbons (Fsp3) is 0.364. The average Bonchev–Trinajstić information content (AvgIpc) is 3.46. The summed E-state index contributed by atoms with van der Waals surface area (Å²) >= 11 is 0. The van der Waals surface area contributed by atoms with Crippen LogP contribution in [0.1, 0.15) is 35.3 Å². The summed E-state index contributed by atoms with van der Waals surface area (Å²) in [6.07, 6.45) is 10.9. The van der Waals surface area contributed by atoms with Crippen LogP contribution in [0.25, 0.3) is 5.69 Å². The molecule has 1 saturated heterocycles. The summed E-state index contributed by atoms with van der Waals surface area (Å²) in [5, 5.41) is 22.4. The molecule has 3 aliphatic rings. The molecule has 1 aliphatic carbocycles. The lowest BCUT2D eigenvalue weighted by Crippen LogP contribution is -2.40. The molecule has 0 radical (unpaired) electrons. The maximum Gasteiger partial charge on any atom is 0.253 e. The lowest BCUT2D eigenvalue weighted by molar-refractivity contribution is 0.0620. The molecular weight excluding hydrogens is 380 g/mol. The van der Waals surface area contributed by atoms with Gasteiger partial charge in [0, 0.05) is 31.0 Å². The van der Waals surface area contributed by atoms with E-state index < -0.39 is 0 Å². The topological polar surface area (TPSA) is 95.6 Å². The lowest BCUT2D eigenvalue weighted by atomic mass is 9.92. The van der Waals surface area contributed by atoms with Crippen molar-refractivity contribution in [3.05, 3.63) is 65.6 Å². The summed E-state index contributed by atoms with van der Waals surface area (Å²) in [6.45, 7) is 1.49. The number of amides is 1. The van der Waals surface area contributed by atoms with Crippen LogP contribution >= 0.6 is 0 Å². The molecule has 1 fully saturated rings. The van der Waals surface area contributed by atoms with E-state index in [0.29, 0.717) is 12.1 Å². The second-order valence-corrected chi connectivity index (χ2v) is 7.98. The SMILES string of the molecule is O=C(c1ccc(-n2cc(C3=NNC4=CC=CCC43)nn2)cc1)N1CCCC(CO)C1. The van der Waals surface area contributed by atoms with Crippen molar-refractivity contribution in [1.29, 1.82) is 0 Å². The molecule has 2 unspecified atom stereocenters.